The summed E-state index contributed by atoms with van der Waals surface area (Å²) in [5.74, 6) is 0.248. The van der Waals surface area contributed by atoms with Gasteiger partial charge in [-0.2, -0.15) is 4.31 Å². The molecule has 0 unspecified atom stereocenters. The van der Waals surface area contributed by atoms with E-state index in [1.54, 1.807) is 12.1 Å². The molecule has 1 N–H and O–H groups in total. The molecule has 28 heavy (non-hydrogen) atoms. The van der Waals surface area contributed by atoms with Crippen molar-refractivity contribution in [1.82, 2.24) is 9.29 Å². The molecule has 0 saturated heterocycles. The molecule has 0 atom stereocenters. The Bertz CT molecular complexity index is 1070. The third-order valence-corrected chi connectivity index (χ3v) is 7.49. The molecule has 9 heteroatoms. The number of aryl methyl sites for hydroxylation is 2. The van der Waals surface area contributed by atoms with Gasteiger partial charge in [0.05, 0.1) is 23.4 Å². The van der Waals surface area contributed by atoms with Crippen molar-refractivity contribution in [1.29, 1.82) is 0 Å². The van der Waals surface area contributed by atoms with Crippen molar-refractivity contribution in [2.45, 2.75) is 30.7 Å². The van der Waals surface area contributed by atoms with Crippen molar-refractivity contribution >= 4 is 32.4 Å². The number of hydrogen-bond acceptors (Lipinski definition) is 6. The van der Waals surface area contributed by atoms with Gasteiger partial charge in [0.1, 0.15) is 5.76 Å². The highest BCUT2D eigenvalue weighted by Gasteiger charge is 2.23. The molecule has 0 aliphatic heterocycles. The highest BCUT2D eigenvalue weighted by Crippen LogP contribution is 2.30. The van der Waals surface area contributed by atoms with Crippen molar-refractivity contribution in [3.05, 3.63) is 64.6 Å². The van der Waals surface area contributed by atoms with Gasteiger partial charge in [0, 0.05) is 17.5 Å². The molecule has 0 bridgehead atoms. The van der Waals surface area contributed by atoms with E-state index in [4.69, 9.17) is 4.42 Å². The van der Waals surface area contributed by atoms with Gasteiger partial charge in [-0.15, -0.1) is 11.3 Å². The molecule has 2 heterocycles. The molecule has 0 radical (unpaired) electrons. The summed E-state index contributed by atoms with van der Waals surface area (Å²) in [4.78, 5) is 18.2. The van der Waals surface area contributed by atoms with Gasteiger partial charge in [-0.3, -0.25) is 10.1 Å². The number of sulfonamides is 1. The van der Waals surface area contributed by atoms with Crippen LogP contribution in [0.2, 0.25) is 0 Å². The molecule has 7 nitrogen and oxygen atoms in total. The van der Waals surface area contributed by atoms with Crippen LogP contribution >= 0.6 is 11.3 Å². The minimum absolute atomic E-state index is 0.117. The van der Waals surface area contributed by atoms with Gasteiger partial charge in [-0.25, -0.2) is 13.4 Å². The Kier molecular flexibility index (Phi) is 5.05. The van der Waals surface area contributed by atoms with E-state index in [9.17, 15) is 13.2 Å². The molecular formula is C19H19N3O4S2. The summed E-state index contributed by atoms with van der Waals surface area (Å²) in [6.07, 6.45) is 4.59. The second-order valence-corrected chi connectivity index (χ2v) is 9.69. The summed E-state index contributed by atoms with van der Waals surface area (Å²) in [6.45, 7) is 0.131. The zero-order valence-electron chi connectivity index (χ0n) is 15.2. The molecule has 0 fully saturated rings. The summed E-state index contributed by atoms with van der Waals surface area (Å²) in [6, 6.07) is 9.30. The maximum absolute atomic E-state index is 12.7. The standard InChI is InChI=1S/C19H19N3O4S2/c1-22(12-14-4-3-11-26-14)28(24,25)15-9-7-13(8-10-15)18(23)21-19-20-16-5-2-6-17(16)27-19/h3-4,7-11H,2,5-6,12H2,1H3,(H,20,21,23). The van der Waals surface area contributed by atoms with E-state index >= 15 is 0 Å². The van der Waals surface area contributed by atoms with Crippen LogP contribution in [0.3, 0.4) is 0 Å². The highest BCUT2D eigenvalue weighted by atomic mass is 32.2. The highest BCUT2D eigenvalue weighted by molar-refractivity contribution is 7.89. The molecule has 1 aliphatic rings. The first-order valence-electron chi connectivity index (χ1n) is 8.82. The number of hydrogen-bond donors (Lipinski definition) is 1. The fourth-order valence-corrected chi connectivity index (χ4v) is 5.26. The van der Waals surface area contributed by atoms with Crippen LogP contribution in [-0.4, -0.2) is 30.7 Å². The lowest BCUT2D eigenvalue weighted by Crippen LogP contribution is -2.26. The Balaban J connectivity index is 1.45. The van der Waals surface area contributed by atoms with Gasteiger partial charge in [0.25, 0.3) is 5.91 Å². The van der Waals surface area contributed by atoms with Crippen LogP contribution in [0.1, 0.15) is 33.1 Å². The smallest absolute Gasteiger partial charge is 0.257 e. The SMILES string of the molecule is CN(Cc1ccco1)S(=O)(=O)c1ccc(C(=O)Nc2nc3c(s2)CCC3)cc1. The van der Waals surface area contributed by atoms with E-state index in [0.717, 1.165) is 25.0 Å². The van der Waals surface area contributed by atoms with E-state index in [0.29, 0.717) is 16.5 Å². The first-order chi connectivity index (χ1) is 13.4. The Morgan fingerprint density at radius 2 is 2.04 bits per heavy atom. The lowest BCUT2D eigenvalue weighted by Gasteiger charge is -2.16. The minimum Gasteiger partial charge on any atom is -0.468 e. The van der Waals surface area contributed by atoms with E-state index in [2.05, 4.69) is 10.3 Å². The number of benzene rings is 1. The van der Waals surface area contributed by atoms with E-state index in [1.165, 1.54) is 58.1 Å². The number of anilines is 1. The van der Waals surface area contributed by atoms with Gasteiger partial charge in [-0.05, 0) is 55.7 Å². The molecule has 1 aliphatic carbocycles. The quantitative estimate of drug-likeness (QED) is 0.664. The topological polar surface area (TPSA) is 92.5 Å². The van der Waals surface area contributed by atoms with Crippen molar-refractivity contribution < 1.29 is 17.6 Å². The van der Waals surface area contributed by atoms with Crippen LogP contribution in [0.15, 0.2) is 52.0 Å². The second kappa shape index (κ2) is 7.50. The largest absolute Gasteiger partial charge is 0.468 e. The predicted molar refractivity (Wildman–Crippen MR) is 106 cm³/mol. The van der Waals surface area contributed by atoms with Crippen molar-refractivity contribution in [3.63, 3.8) is 0 Å². The molecule has 4 rings (SSSR count). The first kappa shape index (κ1) is 18.9. The summed E-state index contributed by atoms with van der Waals surface area (Å²) >= 11 is 1.50. The van der Waals surface area contributed by atoms with Gasteiger partial charge < -0.3 is 4.42 Å². The number of thiazole rings is 1. The van der Waals surface area contributed by atoms with E-state index in [-0.39, 0.29) is 17.3 Å². The third kappa shape index (κ3) is 3.73. The Labute approximate surface area is 167 Å². The van der Waals surface area contributed by atoms with Crippen molar-refractivity contribution in [3.8, 4) is 0 Å². The van der Waals surface area contributed by atoms with Crippen molar-refractivity contribution in [2.24, 2.45) is 0 Å². The van der Waals surface area contributed by atoms with E-state index in [1.807, 2.05) is 0 Å². The fraction of sp³-hybridized carbons (Fsp3) is 0.263. The molecule has 1 aromatic carbocycles. The number of furan rings is 1. The average molecular weight is 418 g/mol. The number of amides is 1. The lowest BCUT2D eigenvalue weighted by atomic mass is 10.2. The summed E-state index contributed by atoms with van der Waals surface area (Å²) in [5, 5.41) is 3.38. The molecule has 3 aromatic rings. The van der Waals surface area contributed by atoms with Crippen LogP contribution in [-0.2, 0) is 29.4 Å². The molecular weight excluding hydrogens is 398 g/mol. The zero-order chi connectivity index (χ0) is 19.7. The fourth-order valence-electron chi connectivity index (χ4n) is 3.08. The maximum atomic E-state index is 12.7. The number of nitrogens with one attached hydrogen (secondary N) is 1. The summed E-state index contributed by atoms with van der Waals surface area (Å²) in [5.41, 5.74) is 1.45. The van der Waals surface area contributed by atoms with Crippen LogP contribution < -0.4 is 5.32 Å². The van der Waals surface area contributed by atoms with Gasteiger partial charge in [-0.1, -0.05) is 0 Å². The first-order valence-corrected chi connectivity index (χ1v) is 11.1. The Morgan fingerprint density at radius 1 is 1.25 bits per heavy atom. The number of carbonyl (C=O) groups is 1. The Hall–Kier alpha value is -2.49. The summed E-state index contributed by atoms with van der Waals surface area (Å²) < 4.78 is 31.8. The molecule has 146 valence electrons. The van der Waals surface area contributed by atoms with Crippen LogP contribution in [0, 0.1) is 0 Å². The third-order valence-electron chi connectivity index (χ3n) is 4.60. The predicted octanol–water partition coefficient (Wildman–Crippen LogP) is 3.30. The van der Waals surface area contributed by atoms with Gasteiger partial charge >= 0.3 is 0 Å². The number of nitrogens with zero attached hydrogens (tertiary/aromatic N) is 2. The molecule has 1 amide bonds. The number of rotatable bonds is 6. The van der Waals surface area contributed by atoms with E-state index < -0.39 is 10.0 Å². The van der Waals surface area contributed by atoms with Crippen LogP contribution in [0.4, 0.5) is 5.13 Å². The van der Waals surface area contributed by atoms with Gasteiger partial charge in [0.2, 0.25) is 10.0 Å². The average Bonchev–Trinajstić information content (AvgIpc) is 3.39. The summed E-state index contributed by atoms with van der Waals surface area (Å²) in [7, 11) is -2.20. The maximum Gasteiger partial charge on any atom is 0.257 e. The monoisotopic (exact) mass is 417 g/mol. The molecule has 0 spiro atoms. The minimum atomic E-state index is -3.68. The van der Waals surface area contributed by atoms with Gasteiger partial charge in [0.15, 0.2) is 5.13 Å². The van der Waals surface area contributed by atoms with Crippen molar-refractivity contribution in [2.75, 3.05) is 12.4 Å². The number of fused-ring (bicyclic) bond motifs is 1. The molecule has 2 aromatic heterocycles. The second-order valence-electron chi connectivity index (χ2n) is 6.56. The number of aromatic nitrogens is 1. The number of carbonyl (C=O) groups excluding carboxylic acids is 1. The molecule has 0 saturated carbocycles. The Morgan fingerprint density at radius 3 is 2.71 bits per heavy atom. The van der Waals surface area contributed by atoms with Crippen LogP contribution in [0.25, 0.3) is 0 Å². The zero-order valence-corrected chi connectivity index (χ0v) is 16.8. The normalized spacial score (nSPS) is 13.6. The van der Waals surface area contributed by atoms with Crippen LogP contribution in [0.5, 0.6) is 0 Å². The lowest BCUT2D eigenvalue weighted by molar-refractivity contribution is 0.102.